The molecule has 1 unspecified atom stereocenters. The molecule has 92 valence electrons. The second kappa shape index (κ2) is 6.63. The number of nitrogens with one attached hydrogen (secondary N) is 1. The molecule has 1 N–H and O–H groups in total. The average Bonchev–Trinajstić information content (AvgIpc) is 2.73. The van der Waals surface area contributed by atoms with Gasteiger partial charge in [0.2, 0.25) is 0 Å². The summed E-state index contributed by atoms with van der Waals surface area (Å²) < 4.78 is 25.8. The number of halogens is 2. The highest BCUT2D eigenvalue weighted by Gasteiger charge is 2.13. The van der Waals surface area contributed by atoms with Crippen LogP contribution in [-0.2, 0) is 0 Å². The minimum Gasteiger partial charge on any atom is -0.310 e. The van der Waals surface area contributed by atoms with Crippen molar-refractivity contribution in [2.45, 2.75) is 45.7 Å². The van der Waals surface area contributed by atoms with E-state index in [-0.39, 0.29) is 6.04 Å². The van der Waals surface area contributed by atoms with Gasteiger partial charge in [-0.15, -0.1) is 0 Å². The molecule has 0 spiro atoms. The van der Waals surface area contributed by atoms with Gasteiger partial charge < -0.3 is 5.32 Å². The van der Waals surface area contributed by atoms with Crippen LogP contribution in [0.15, 0.2) is 18.5 Å². The molecule has 0 bridgehead atoms. The standard InChI is InChI=1S/C12H20F2N2/c1-3-5-11(15-7-4-2)10-6-8-16(9-10)12(13)14/h6,8-9,11-12,15H,3-5,7H2,1-2H3. The van der Waals surface area contributed by atoms with Gasteiger partial charge in [0.1, 0.15) is 0 Å². The summed E-state index contributed by atoms with van der Waals surface area (Å²) in [6, 6.07) is 1.97. The van der Waals surface area contributed by atoms with Crippen LogP contribution in [0, 0.1) is 0 Å². The van der Waals surface area contributed by atoms with Crippen molar-refractivity contribution in [3.05, 3.63) is 24.0 Å². The fourth-order valence-electron chi connectivity index (χ4n) is 1.75. The summed E-state index contributed by atoms with van der Waals surface area (Å²) in [6.07, 6.45) is 6.05. The monoisotopic (exact) mass is 230 g/mol. The maximum atomic E-state index is 12.4. The molecule has 0 aliphatic rings. The summed E-state index contributed by atoms with van der Waals surface area (Å²) in [4.78, 5) is 0. The first kappa shape index (κ1) is 13.2. The number of hydrogen-bond donors (Lipinski definition) is 1. The summed E-state index contributed by atoms with van der Waals surface area (Å²) in [5, 5.41) is 3.38. The highest BCUT2D eigenvalue weighted by molar-refractivity contribution is 5.15. The fourth-order valence-corrected chi connectivity index (χ4v) is 1.75. The smallest absolute Gasteiger partial charge is 0.310 e. The van der Waals surface area contributed by atoms with Crippen LogP contribution in [0.5, 0.6) is 0 Å². The number of rotatable bonds is 7. The molecule has 1 heterocycles. The Balaban J connectivity index is 2.67. The van der Waals surface area contributed by atoms with Crippen LogP contribution in [-0.4, -0.2) is 11.1 Å². The van der Waals surface area contributed by atoms with Crippen molar-refractivity contribution < 1.29 is 8.78 Å². The molecule has 1 atom stereocenters. The zero-order chi connectivity index (χ0) is 12.0. The van der Waals surface area contributed by atoms with Crippen LogP contribution in [0.3, 0.4) is 0 Å². The van der Waals surface area contributed by atoms with E-state index >= 15 is 0 Å². The third kappa shape index (κ3) is 3.59. The molecular formula is C12H20F2N2. The Hall–Kier alpha value is -0.900. The van der Waals surface area contributed by atoms with Crippen molar-refractivity contribution in [2.75, 3.05) is 6.54 Å². The first-order valence-electron chi connectivity index (χ1n) is 5.88. The minimum absolute atomic E-state index is 0.199. The summed E-state index contributed by atoms with van der Waals surface area (Å²) in [7, 11) is 0. The maximum Gasteiger partial charge on any atom is 0.318 e. The molecule has 0 saturated carbocycles. The number of alkyl halides is 2. The van der Waals surface area contributed by atoms with Crippen molar-refractivity contribution in [2.24, 2.45) is 0 Å². The molecule has 16 heavy (non-hydrogen) atoms. The van der Waals surface area contributed by atoms with E-state index in [0.29, 0.717) is 0 Å². The lowest BCUT2D eigenvalue weighted by Crippen LogP contribution is -2.21. The first-order chi connectivity index (χ1) is 7.69. The molecule has 2 nitrogen and oxygen atoms in total. The van der Waals surface area contributed by atoms with Crippen molar-refractivity contribution >= 4 is 0 Å². The normalized spacial score (nSPS) is 13.3. The summed E-state index contributed by atoms with van der Waals surface area (Å²) in [5.74, 6) is 0. The van der Waals surface area contributed by atoms with E-state index in [0.717, 1.165) is 35.9 Å². The Kier molecular flexibility index (Phi) is 5.46. The lowest BCUT2D eigenvalue weighted by molar-refractivity contribution is 0.0705. The molecular weight excluding hydrogens is 210 g/mol. The maximum absolute atomic E-state index is 12.4. The van der Waals surface area contributed by atoms with Gasteiger partial charge in [0, 0.05) is 18.4 Å². The summed E-state index contributed by atoms with van der Waals surface area (Å²) >= 11 is 0. The zero-order valence-electron chi connectivity index (χ0n) is 9.92. The molecule has 4 heteroatoms. The molecule has 0 aliphatic carbocycles. The predicted octanol–water partition coefficient (Wildman–Crippen LogP) is 3.72. The molecule has 0 aromatic carbocycles. The molecule has 0 amide bonds. The lowest BCUT2D eigenvalue weighted by Gasteiger charge is -2.16. The molecule has 1 aromatic heterocycles. The van der Waals surface area contributed by atoms with Crippen molar-refractivity contribution in [1.29, 1.82) is 0 Å². The van der Waals surface area contributed by atoms with E-state index < -0.39 is 6.55 Å². The Morgan fingerprint density at radius 2 is 2.06 bits per heavy atom. The molecule has 0 saturated heterocycles. The topological polar surface area (TPSA) is 17.0 Å². The van der Waals surface area contributed by atoms with Gasteiger partial charge in [0.25, 0.3) is 0 Å². The predicted molar refractivity (Wildman–Crippen MR) is 61.6 cm³/mol. The largest absolute Gasteiger partial charge is 0.318 e. The average molecular weight is 230 g/mol. The van der Waals surface area contributed by atoms with E-state index in [1.54, 1.807) is 6.07 Å². The van der Waals surface area contributed by atoms with Crippen molar-refractivity contribution in [3.63, 3.8) is 0 Å². The quantitative estimate of drug-likeness (QED) is 0.755. The number of nitrogens with zero attached hydrogens (tertiary/aromatic N) is 1. The first-order valence-corrected chi connectivity index (χ1v) is 5.88. The molecule has 0 aliphatic heterocycles. The van der Waals surface area contributed by atoms with Crippen LogP contribution >= 0.6 is 0 Å². The second-order valence-corrected chi connectivity index (χ2v) is 3.97. The highest BCUT2D eigenvalue weighted by atomic mass is 19.3. The Bertz CT molecular complexity index is 297. The lowest BCUT2D eigenvalue weighted by atomic mass is 10.1. The van der Waals surface area contributed by atoms with Gasteiger partial charge in [-0.3, -0.25) is 4.57 Å². The van der Waals surface area contributed by atoms with Gasteiger partial charge in [-0.05, 0) is 31.0 Å². The van der Waals surface area contributed by atoms with Crippen molar-refractivity contribution in [1.82, 2.24) is 9.88 Å². The van der Waals surface area contributed by atoms with E-state index in [2.05, 4.69) is 19.2 Å². The van der Waals surface area contributed by atoms with Crippen LogP contribution in [0.1, 0.15) is 51.3 Å². The SMILES string of the molecule is CCCNC(CCC)c1ccn(C(F)F)c1. The van der Waals surface area contributed by atoms with Crippen LogP contribution in [0.25, 0.3) is 0 Å². The van der Waals surface area contributed by atoms with E-state index in [1.807, 2.05) is 0 Å². The Morgan fingerprint density at radius 1 is 1.31 bits per heavy atom. The van der Waals surface area contributed by atoms with Crippen LogP contribution < -0.4 is 5.32 Å². The zero-order valence-corrected chi connectivity index (χ0v) is 9.92. The minimum atomic E-state index is -2.44. The number of hydrogen-bond acceptors (Lipinski definition) is 1. The second-order valence-electron chi connectivity index (χ2n) is 3.97. The van der Waals surface area contributed by atoms with Gasteiger partial charge in [0.05, 0.1) is 0 Å². The highest BCUT2D eigenvalue weighted by Crippen LogP contribution is 2.21. The van der Waals surface area contributed by atoms with Gasteiger partial charge in [-0.25, -0.2) is 0 Å². The fraction of sp³-hybridized carbons (Fsp3) is 0.667. The Labute approximate surface area is 95.7 Å². The van der Waals surface area contributed by atoms with Gasteiger partial charge in [0.15, 0.2) is 0 Å². The van der Waals surface area contributed by atoms with E-state index in [1.165, 1.54) is 12.4 Å². The summed E-state index contributed by atoms with van der Waals surface area (Å²) in [5.41, 5.74) is 0.954. The third-order valence-corrected chi connectivity index (χ3v) is 2.58. The van der Waals surface area contributed by atoms with Gasteiger partial charge >= 0.3 is 6.55 Å². The third-order valence-electron chi connectivity index (χ3n) is 2.58. The van der Waals surface area contributed by atoms with Crippen LogP contribution in [0.2, 0.25) is 0 Å². The molecule has 1 rings (SSSR count). The van der Waals surface area contributed by atoms with E-state index in [4.69, 9.17) is 0 Å². The Morgan fingerprint density at radius 3 is 2.56 bits per heavy atom. The molecule has 1 aromatic rings. The van der Waals surface area contributed by atoms with Gasteiger partial charge in [-0.2, -0.15) is 8.78 Å². The molecule has 0 fully saturated rings. The molecule has 0 radical (unpaired) electrons. The van der Waals surface area contributed by atoms with Crippen molar-refractivity contribution in [3.8, 4) is 0 Å². The van der Waals surface area contributed by atoms with E-state index in [9.17, 15) is 8.78 Å². The van der Waals surface area contributed by atoms with Gasteiger partial charge in [-0.1, -0.05) is 20.3 Å². The summed E-state index contributed by atoms with van der Waals surface area (Å²) in [6.45, 7) is 2.68. The number of aromatic nitrogens is 1. The van der Waals surface area contributed by atoms with Crippen LogP contribution in [0.4, 0.5) is 8.78 Å².